The Bertz CT molecular complexity index is 529. The molecule has 8 heteroatoms. The van der Waals surface area contributed by atoms with E-state index in [-0.39, 0.29) is 11.7 Å². The van der Waals surface area contributed by atoms with E-state index in [4.69, 9.17) is 0 Å². The summed E-state index contributed by atoms with van der Waals surface area (Å²) < 4.78 is 29.1. The molecule has 0 atom stereocenters. The smallest absolute Gasteiger partial charge is 0.284 e. The molecule has 0 amide bonds. The molecular formula is C11H14F2N6. The van der Waals surface area contributed by atoms with Crippen molar-refractivity contribution in [2.24, 2.45) is 0 Å². The average Bonchev–Trinajstić information content (AvgIpc) is 3.08. The molecule has 1 aliphatic rings. The number of aromatic nitrogens is 5. The van der Waals surface area contributed by atoms with Crippen LogP contribution >= 0.6 is 0 Å². The van der Waals surface area contributed by atoms with Crippen molar-refractivity contribution in [2.75, 3.05) is 13.1 Å². The Hall–Kier alpha value is -1.83. The summed E-state index contributed by atoms with van der Waals surface area (Å²) in [5, 5.41) is 14.7. The van der Waals surface area contributed by atoms with E-state index < -0.39 is 6.43 Å². The molecule has 1 fully saturated rings. The van der Waals surface area contributed by atoms with E-state index in [1.54, 1.807) is 10.9 Å². The van der Waals surface area contributed by atoms with Crippen molar-refractivity contribution in [2.45, 2.75) is 25.3 Å². The van der Waals surface area contributed by atoms with Gasteiger partial charge in [-0.3, -0.25) is 4.68 Å². The normalized spacial score (nSPS) is 17.2. The molecule has 0 bridgehead atoms. The molecule has 0 saturated carbocycles. The van der Waals surface area contributed by atoms with Crippen LogP contribution in [0.5, 0.6) is 0 Å². The molecule has 0 spiro atoms. The van der Waals surface area contributed by atoms with E-state index in [1.807, 2.05) is 0 Å². The third-order valence-electron chi connectivity index (χ3n) is 3.30. The van der Waals surface area contributed by atoms with Gasteiger partial charge < -0.3 is 5.32 Å². The molecule has 1 N–H and O–H groups in total. The molecule has 0 radical (unpaired) electrons. The molecule has 19 heavy (non-hydrogen) atoms. The first-order valence-electron chi connectivity index (χ1n) is 6.20. The highest BCUT2D eigenvalue weighted by Crippen LogP contribution is 2.27. The van der Waals surface area contributed by atoms with Crippen LogP contribution in [0.1, 0.15) is 31.0 Å². The second-order valence-electron chi connectivity index (χ2n) is 4.51. The predicted octanol–water partition coefficient (Wildman–Crippen LogP) is 1.33. The minimum Gasteiger partial charge on any atom is -0.317 e. The van der Waals surface area contributed by atoms with Gasteiger partial charge in [0, 0.05) is 0 Å². The number of hydrogen-bond acceptors (Lipinski definition) is 4. The number of nitrogens with zero attached hydrogens (tertiary/aromatic N) is 5. The van der Waals surface area contributed by atoms with Gasteiger partial charge in [0.25, 0.3) is 6.43 Å². The highest BCUT2D eigenvalue weighted by Gasteiger charge is 2.24. The minimum atomic E-state index is -2.62. The van der Waals surface area contributed by atoms with Crippen LogP contribution < -0.4 is 5.32 Å². The molecule has 0 unspecified atom stereocenters. The van der Waals surface area contributed by atoms with E-state index in [0.29, 0.717) is 5.69 Å². The number of nitrogens with one attached hydrogen (secondary N) is 1. The lowest BCUT2D eigenvalue weighted by Gasteiger charge is -2.22. The van der Waals surface area contributed by atoms with E-state index in [0.717, 1.165) is 25.9 Å². The summed E-state index contributed by atoms with van der Waals surface area (Å²) in [5.74, 6) is 0. The maximum absolute atomic E-state index is 13.1. The molecular weight excluding hydrogens is 254 g/mol. The zero-order chi connectivity index (χ0) is 13.2. The largest absolute Gasteiger partial charge is 0.317 e. The Balaban J connectivity index is 1.96. The number of piperidine rings is 1. The molecule has 3 heterocycles. The molecule has 1 aliphatic heterocycles. The van der Waals surface area contributed by atoms with Crippen molar-refractivity contribution >= 4 is 0 Å². The summed E-state index contributed by atoms with van der Waals surface area (Å²) in [6.07, 6.45) is 3.78. The third kappa shape index (κ3) is 2.35. The van der Waals surface area contributed by atoms with Crippen LogP contribution in [0.3, 0.4) is 0 Å². The fraction of sp³-hybridized carbons (Fsp3) is 0.545. The summed E-state index contributed by atoms with van der Waals surface area (Å²) in [6, 6.07) is 0.163. The Morgan fingerprint density at radius 1 is 1.32 bits per heavy atom. The van der Waals surface area contributed by atoms with Crippen LogP contribution in [0.25, 0.3) is 5.69 Å². The summed E-state index contributed by atoms with van der Waals surface area (Å²) in [6.45, 7) is 1.76. The number of alkyl halides is 2. The van der Waals surface area contributed by atoms with Crippen LogP contribution in [0.4, 0.5) is 8.78 Å². The predicted molar refractivity (Wildman–Crippen MR) is 63.2 cm³/mol. The fourth-order valence-electron chi connectivity index (χ4n) is 2.32. The summed E-state index contributed by atoms with van der Waals surface area (Å²) >= 11 is 0. The van der Waals surface area contributed by atoms with Crippen molar-refractivity contribution < 1.29 is 8.78 Å². The van der Waals surface area contributed by atoms with E-state index in [9.17, 15) is 8.78 Å². The molecule has 2 aromatic heterocycles. The number of halogens is 2. The van der Waals surface area contributed by atoms with Gasteiger partial charge in [-0.15, -0.1) is 5.10 Å². The monoisotopic (exact) mass is 268 g/mol. The fourth-order valence-corrected chi connectivity index (χ4v) is 2.32. The van der Waals surface area contributed by atoms with Crippen molar-refractivity contribution in [3.63, 3.8) is 0 Å². The average molecular weight is 268 g/mol. The lowest BCUT2D eigenvalue weighted by Crippen LogP contribution is -2.29. The first-order valence-corrected chi connectivity index (χ1v) is 6.20. The molecule has 3 rings (SSSR count). The van der Waals surface area contributed by atoms with Crippen molar-refractivity contribution in [3.05, 3.63) is 24.3 Å². The second-order valence-corrected chi connectivity index (χ2v) is 4.51. The first-order chi connectivity index (χ1) is 9.25. The van der Waals surface area contributed by atoms with Crippen LogP contribution in [-0.2, 0) is 0 Å². The number of hydrogen-bond donors (Lipinski definition) is 1. The minimum absolute atomic E-state index is 0.163. The van der Waals surface area contributed by atoms with Crippen LogP contribution in [0, 0.1) is 0 Å². The zero-order valence-corrected chi connectivity index (χ0v) is 10.2. The lowest BCUT2D eigenvalue weighted by atomic mass is 10.1. The van der Waals surface area contributed by atoms with Crippen LogP contribution in [0.15, 0.2) is 18.6 Å². The quantitative estimate of drug-likeness (QED) is 0.912. The Morgan fingerprint density at radius 3 is 2.74 bits per heavy atom. The van der Waals surface area contributed by atoms with Gasteiger partial charge in [0.2, 0.25) is 0 Å². The highest BCUT2D eigenvalue weighted by molar-refractivity contribution is 5.34. The van der Waals surface area contributed by atoms with Gasteiger partial charge >= 0.3 is 0 Å². The maximum Gasteiger partial charge on any atom is 0.284 e. The van der Waals surface area contributed by atoms with Gasteiger partial charge in [0.15, 0.2) is 5.69 Å². The Morgan fingerprint density at radius 2 is 2.11 bits per heavy atom. The molecule has 102 valence electrons. The van der Waals surface area contributed by atoms with Crippen LogP contribution in [0.2, 0.25) is 0 Å². The zero-order valence-electron chi connectivity index (χ0n) is 10.2. The van der Waals surface area contributed by atoms with Crippen molar-refractivity contribution in [3.8, 4) is 5.69 Å². The highest BCUT2D eigenvalue weighted by atomic mass is 19.3. The number of rotatable bonds is 3. The maximum atomic E-state index is 13.1. The summed E-state index contributed by atoms with van der Waals surface area (Å²) in [7, 11) is 0. The van der Waals surface area contributed by atoms with Gasteiger partial charge in [0.1, 0.15) is 5.69 Å². The Kier molecular flexibility index (Phi) is 3.24. The standard InChI is InChI=1S/C11H14F2N6/c12-11(13)10-9(18-6-5-15-17-18)7-19(16-10)8-1-3-14-4-2-8/h5-8,11,14H,1-4H2. The van der Waals surface area contributed by atoms with Gasteiger partial charge in [-0.05, 0) is 25.9 Å². The molecule has 2 aromatic rings. The van der Waals surface area contributed by atoms with Crippen molar-refractivity contribution in [1.29, 1.82) is 0 Å². The SMILES string of the molecule is FC(F)c1nn(C2CCNCC2)cc1-n1ccnn1. The molecule has 0 aliphatic carbocycles. The summed E-state index contributed by atoms with van der Waals surface area (Å²) in [5.41, 5.74) is 0.0510. The Labute approximate surface area is 108 Å². The molecule has 1 saturated heterocycles. The van der Waals surface area contributed by atoms with Gasteiger partial charge in [-0.25, -0.2) is 13.5 Å². The van der Waals surface area contributed by atoms with Crippen molar-refractivity contribution in [1.82, 2.24) is 30.1 Å². The van der Waals surface area contributed by atoms with Crippen LogP contribution in [-0.4, -0.2) is 37.9 Å². The molecule has 0 aromatic carbocycles. The topological polar surface area (TPSA) is 60.6 Å². The van der Waals surface area contributed by atoms with Gasteiger partial charge in [-0.1, -0.05) is 5.21 Å². The van der Waals surface area contributed by atoms with Gasteiger partial charge in [-0.2, -0.15) is 5.10 Å². The third-order valence-corrected chi connectivity index (χ3v) is 3.30. The van der Waals surface area contributed by atoms with E-state index in [1.165, 1.54) is 17.1 Å². The lowest BCUT2D eigenvalue weighted by molar-refractivity contribution is 0.143. The first kappa shape index (κ1) is 12.2. The van der Waals surface area contributed by atoms with E-state index in [2.05, 4.69) is 20.7 Å². The second kappa shape index (κ2) is 5.04. The van der Waals surface area contributed by atoms with E-state index >= 15 is 0 Å². The molecule has 6 nitrogen and oxygen atoms in total. The van der Waals surface area contributed by atoms with Gasteiger partial charge in [0.05, 0.1) is 24.6 Å². The summed E-state index contributed by atoms with van der Waals surface area (Å²) in [4.78, 5) is 0.